The second kappa shape index (κ2) is 7.78. The maximum atomic E-state index is 13.7. The van der Waals surface area contributed by atoms with E-state index in [9.17, 15) is 17.6 Å². The number of aliphatic imine (C=N–C) groups is 1. The first kappa shape index (κ1) is 19.9. The molecule has 0 amide bonds. The Morgan fingerprint density at radius 2 is 2.13 bits per heavy atom. The van der Waals surface area contributed by atoms with Gasteiger partial charge in [0.05, 0.1) is 31.0 Å². The van der Waals surface area contributed by atoms with Crippen molar-refractivity contribution in [1.29, 1.82) is 0 Å². The number of hydroxylamine groups is 1. The van der Waals surface area contributed by atoms with Gasteiger partial charge in [-0.15, -0.1) is 13.2 Å². The van der Waals surface area contributed by atoms with Crippen LogP contribution in [0.5, 0.6) is 5.75 Å². The predicted molar refractivity (Wildman–Crippen MR) is 98.6 cm³/mol. The third kappa shape index (κ3) is 4.27. The van der Waals surface area contributed by atoms with E-state index in [4.69, 9.17) is 4.84 Å². The van der Waals surface area contributed by atoms with Gasteiger partial charge in [0.15, 0.2) is 11.5 Å². The topological polar surface area (TPSA) is 85.1 Å². The number of hydrogen-bond acceptors (Lipinski definition) is 7. The van der Waals surface area contributed by atoms with Crippen molar-refractivity contribution in [3.63, 3.8) is 0 Å². The molecule has 0 radical (unpaired) electrons. The van der Waals surface area contributed by atoms with Gasteiger partial charge in [0.25, 0.3) is 0 Å². The molecule has 8 nitrogen and oxygen atoms in total. The van der Waals surface area contributed by atoms with Gasteiger partial charge in [0.1, 0.15) is 17.4 Å². The van der Waals surface area contributed by atoms with Gasteiger partial charge < -0.3 is 10.1 Å². The lowest BCUT2D eigenvalue weighted by Crippen LogP contribution is -2.30. The molecule has 2 N–H and O–H groups in total. The number of aromatic nitrogens is 3. The summed E-state index contributed by atoms with van der Waals surface area (Å²) in [7, 11) is 0. The Morgan fingerprint density at radius 1 is 1.30 bits per heavy atom. The van der Waals surface area contributed by atoms with E-state index in [1.165, 1.54) is 4.52 Å². The lowest BCUT2D eigenvalue weighted by atomic mass is 10.1. The molecule has 30 heavy (non-hydrogen) atoms. The van der Waals surface area contributed by atoms with Crippen molar-refractivity contribution in [2.75, 3.05) is 18.5 Å². The van der Waals surface area contributed by atoms with Crippen molar-refractivity contribution in [1.82, 2.24) is 20.1 Å². The summed E-state index contributed by atoms with van der Waals surface area (Å²) in [5.41, 5.74) is 3.75. The van der Waals surface area contributed by atoms with Crippen LogP contribution < -0.4 is 15.5 Å². The summed E-state index contributed by atoms with van der Waals surface area (Å²) in [4.78, 5) is 13.9. The number of nitrogens with zero attached hydrogens (tertiary/aromatic N) is 4. The fourth-order valence-corrected chi connectivity index (χ4v) is 2.99. The van der Waals surface area contributed by atoms with Gasteiger partial charge in [0, 0.05) is 11.8 Å². The summed E-state index contributed by atoms with van der Waals surface area (Å²) < 4.78 is 57.3. The molecule has 0 spiro atoms. The van der Waals surface area contributed by atoms with Crippen LogP contribution in [0.25, 0.3) is 5.65 Å². The standard InChI is InChI=1S/C18H16F4N6O2/c1-10(12-8-11(19)2-3-14(12)30-18(20,21)22)25-15-4-6-28-17(26-15)13(9-24-28)16-23-5-7-29-27-16/h2-4,6,8-10H,5,7H2,1H3,(H,23,27)(H,25,26)/t10-/m1/s1. The molecule has 1 atom stereocenters. The van der Waals surface area contributed by atoms with E-state index in [1.54, 1.807) is 25.4 Å². The molecule has 3 heterocycles. The molecule has 4 rings (SSSR count). The molecule has 0 saturated heterocycles. The lowest BCUT2D eigenvalue weighted by molar-refractivity contribution is -0.275. The number of fused-ring (bicyclic) bond motifs is 1. The summed E-state index contributed by atoms with van der Waals surface area (Å²) in [5.74, 6) is -0.361. The first-order valence-corrected chi connectivity index (χ1v) is 8.89. The molecule has 12 heteroatoms. The molecule has 1 aliphatic heterocycles. The first-order valence-electron chi connectivity index (χ1n) is 8.89. The molecule has 0 saturated carbocycles. The summed E-state index contributed by atoms with van der Waals surface area (Å²) in [6, 6.07) is 3.68. The van der Waals surface area contributed by atoms with E-state index in [-0.39, 0.29) is 5.56 Å². The molecule has 1 aromatic carbocycles. The van der Waals surface area contributed by atoms with Gasteiger partial charge in [-0.1, -0.05) is 0 Å². The highest BCUT2D eigenvalue weighted by molar-refractivity contribution is 6.03. The average Bonchev–Trinajstić information content (AvgIpc) is 3.12. The fraction of sp³-hybridized carbons (Fsp3) is 0.278. The van der Waals surface area contributed by atoms with Crippen molar-refractivity contribution in [3.05, 3.63) is 53.6 Å². The van der Waals surface area contributed by atoms with Gasteiger partial charge in [-0.05, 0) is 31.2 Å². The normalized spacial score (nSPS) is 15.4. The first-order chi connectivity index (χ1) is 14.3. The van der Waals surface area contributed by atoms with Crippen LogP contribution >= 0.6 is 0 Å². The van der Waals surface area contributed by atoms with Gasteiger partial charge in [0.2, 0.25) is 0 Å². The third-order valence-corrected chi connectivity index (χ3v) is 4.28. The molecule has 2 aromatic heterocycles. The molecular formula is C18H16F4N6O2. The number of rotatable bonds is 5. The summed E-state index contributed by atoms with van der Waals surface area (Å²) in [5, 5.41) is 7.16. The van der Waals surface area contributed by atoms with E-state index in [2.05, 4.69) is 30.6 Å². The second-order valence-corrected chi connectivity index (χ2v) is 6.42. The maximum absolute atomic E-state index is 13.7. The zero-order valence-corrected chi connectivity index (χ0v) is 15.6. The van der Waals surface area contributed by atoms with Gasteiger partial charge in [-0.25, -0.2) is 19.4 Å². The monoisotopic (exact) mass is 424 g/mol. The van der Waals surface area contributed by atoms with Crippen molar-refractivity contribution in [2.45, 2.75) is 19.3 Å². The number of alkyl halides is 3. The van der Waals surface area contributed by atoms with E-state index in [1.807, 2.05) is 0 Å². The van der Waals surface area contributed by atoms with Gasteiger partial charge >= 0.3 is 6.36 Å². The van der Waals surface area contributed by atoms with Crippen LogP contribution in [-0.2, 0) is 4.84 Å². The van der Waals surface area contributed by atoms with Crippen LogP contribution in [-0.4, -0.2) is 39.9 Å². The van der Waals surface area contributed by atoms with E-state index in [0.29, 0.717) is 36.0 Å². The van der Waals surface area contributed by atoms with E-state index < -0.39 is 24.0 Å². The smallest absolute Gasteiger partial charge is 0.405 e. The number of amidine groups is 1. The Morgan fingerprint density at radius 3 is 2.87 bits per heavy atom. The fourth-order valence-electron chi connectivity index (χ4n) is 2.99. The Bertz CT molecular complexity index is 1100. The maximum Gasteiger partial charge on any atom is 0.573 e. The number of anilines is 1. The molecule has 0 aliphatic carbocycles. The second-order valence-electron chi connectivity index (χ2n) is 6.42. The zero-order chi connectivity index (χ0) is 21.3. The number of nitrogens with one attached hydrogen (secondary N) is 2. The highest BCUT2D eigenvalue weighted by Gasteiger charge is 2.33. The number of ether oxygens (including phenoxy) is 1. The van der Waals surface area contributed by atoms with Crippen molar-refractivity contribution in [3.8, 4) is 5.75 Å². The predicted octanol–water partition coefficient (Wildman–Crippen LogP) is 3.22. The minimum absolute atomic E-state index is 0.00514. The van der Waals surface area contributed by atoms with Crippen LogP contribution in [0.15, 0.2) is 41.7 Å². The lowest BCUT2D eigenvalue weighted by Gasteiger charge is -2.20. The highest BCUT2D eigenvalue weighted by atomic mass is 19.4. The van der Waals surface area contributed by atoms with Crippen LogP contribution in [0.3, 0.4) is 0 Å². The minimum Gasteiger partial charge on any atom is -0.405 e. The third-order valence-electron chi connectivity index (χ3n) is 4.28. The van der Waals surface area contributed by atoms with Gasteiger partial charge in [-0.2, -0.15) is 5.10 Å². The van der Waals surface area contributed by atoms with E-state index >= 15 is 0 Å². The summed E-state index contributed by atoms with van der Waals surface area (Å²) >= 11 is 0. The van der Waals surface area contributed by atoms with Crippen LogP contribution in [0.2, 0.25) is 0 Å². The molecule has 158 valence electrons. The van der Waals surface area contributed by atoms with Crippen molar-refractivity contribution in [2.24, 2.45) is 4.99 Å². The molecule has 0 bridgehead atoms. The number of halogens is 4. The Kier molecular flexibility index (Phi) is 5.16. The molecule has 1 aliphatic rings. The van der Waals surface area contributed by atoms with Gasteiger partial charge in [-0.3, -0.25) is 9.83 Å². The van der Waals surface area contributed by atoms with Crippen molar-refractivity contribution < 1.29 is 27.1 Å². The molecule has 0 unspecified atom stereocenters. The Labute approximate surface area is 167 Å². The molecular weight excluding hydrogens is 408 g/mol. The zero-order valence-electron chi connectivity index (χ0n) is 15.6. The summed E-state index contributed by atoms with van der Waals surface area (Å²) in [6.07, 6.45) is -1.70. The minimum atomic E-state index is -4.90. The highest BCUT2D eigenvalue weighted by Crippen LogP contribution is 2.32. The number of benzene rings is 1. The van der Waals surface area contributed by atoms with Crippen LogP contribution in [0.4, 0.5) is 23.4 Å². The Hall–Kier alpha value is -3.41. The average molecular weight is 424 g/mol. The SMILES string of the molecule is C[C@@H](Nc1ccn2ncc(C3=NCCON3)c2n1)c1cc(F)ccc1OC(F)(F)F. The quantitative estimate of drug-likeness (QED) is 0.612. The van der Waals surface area contributed by atoms with Crippen LogP contribution in [0, 0.1) is 5.82 Å². The van der Waals surface area contributed by atoms with Crippen molar-refractivity contribution >= 4 is 17.3 Å². The van der Waals surface area contributed by atoms with E-state index in [0.717, 1.165) is 18.2 Å². The summed E-state index contributed by atoms with van der Waals surface area (Å²) in [6.45, 7) is 2.49. The molecule has 3 aromatic rings. The van der Waals surface area contributed by atoms with Crippen LogP contribution in [0.1, 0.15) is 24.1 Å². The molecule has 0 fully saturated rings. The largest absolute Gasteiger partial charge is 0.573 e. The number of hydrogen-bond donors (Lipinski definition) is 2. The Balaban J connectivity index is 1.63.